The van der Waals surface area contributed by atoms with Crippen LogP contribution >= 0.6 is 0 Å². The fraction of sp³-hybridized carbons (Fsp3) is 0.400. The fourth-order valence-electron chi connectivity index (χ4n) is 1.15. The van der Waals surface area contributed by atoms with Gasteiger partial charge in [0.15, 0.2) is 5.78 Å². The second-order valence-corrected chi connectivity index (χ2v) is 2.87. The van der Waals surface area contributed by atoms with E-state index in [0.717, 1.165) is 0 Å². The highest BCUT2D eigenvalue weighted by Crippen LogP contribution is 2.16. The first-order chi connectivity index (χ1) is 6.79. The second-order valence-electron chi connectivity index (χ2n) is 2.87. The first kappa shape index (κ1) is 10.7. The number of rotatable bonds is 5. The average Bonchev–Trinajstić information content (AvgIpc) is 2.25. The minimum atomic E-state index is -0.0205. The highest BCUT2D eigenvalue weighted by Gasteiger charge is 2.11. The van der Waals surface area contributed by atoms with Crippen LogP contribution < -0.4 is 10.5 Å². The lowest BCUT2D eigenvalue weighted by molar-refractivity contribution is 0.0972. The Morgan fingerprint density at radius 2 is 2.43 bits per heavy atom. The predicted octanol–water partition coefficient (Wildman–Crippen LogP) is 1.01. The quantitative estimate of drug-likeness (QED) is 0.710. The topological polar surface area (TPSA) is 65.2 Å². The van der Waals surface area contributed by atoms with Gasteiger partial charge < -0.3 is 10.5 Å². The highest BCUT2D eigenvalue weighted by atomic mass is 16.5. The highest BCUT2D eigenvalue weighted by molar-refractivity contribution is 5.96. The number of carbonyl (C=O) groups is 1. The third kappa shape index (κ3) is 2.53. The Bertz CT molecular complexity index is 313. The Labute approximate surface area is 83.1 Å². The minimum absolute atomic E-state index is 0.0205. The number of methoxy groups -OCH3 is 1. The molecule has 0 aliphatic carbocycles. The van der Waals surface area contributed by atoms with Crippen LogP contribution in [0.2, 0.25) is 0 Å². The summed E-state index contributed by atoms with van der Waals surface area (Å²) in [5, 5.41) is 0. The molecule has 4 heteroatoms. The van der Waals surface area contributed by atoms with E-state index in [-0.39, 0.29) is 5.78 Å². The Balaban J connectivity index is 2.78. The molecule has 0 amide bonds. The van der Waals surface area contributed by atoms with Crippen LogP contribution in [0.5, 0.6) is 5.75 Å². The van der Waals surface area contributed by atoms with Gasteiger partial charge in [-0.25, -0.2) is 4.98 Å². The van der Waals surface area contributed by atoms with Crippen LogP contribution in [0.15, 0.2) is 18.3 Å². The van der Waals surface area contributed by atoms with Crippen molar-refractivity contribution in [3.8, 4) is 5.75 Å². The van der Waals surface area contributed by atoms with Crippen molar-refractivity contribution in [2.75, 3.05) is 13.7 Å². The van der Waals surface area contributed by atoms with Gasteiger partial charge in [-0.2, -0.15) is 0 Å². The van der Waals surface area contributed by atoms with E-state index < -0.39 is 0 Å². The first-order valence-electron chi connectivity index (χ1n) is 4.52. The van der Waals surface area contributed by atoms with E-state index in [1.54, 1.807) is 18.3 Å². The lowest BCUT2D eigenvalue weighted by Crippen LogP contribution is -2.07. The summed E-state index contributed by atoms with van der Waals surface area (Å²) < 4.78 is 5.03. The Hall–Kier alpha value is -1.42. The van der Waals surface area contributed by atoms with Gasteiger partial charge >= 0.3 is 0 Å². The second kappa shape index (κ2) is 5.34. The number of Topliss-reactive ketones (excluding diaryl/α,β-unsaturated/α-hetero) is 1. The number of nitrogens with zero attached hydrogens (tertiary/aromatic N) is 1. The van der Waals surface area contributed by atoms with Crippen molar-refractivity contribution in [3.63, 3.8) is 0 Å². The number of aromatic nitrogens is 1. The van der Waals surface area contributed by atoms with E-state index in [4.69, 9.17) is 10.5 Å². The van der Waals surface area contributed by atoms with Crippen LogP contribution in [0.3, 0.4) is 0 Å². The molecule has 0 radical (unpaired) electrons. The van der Waals surface area contributed by atoms with Crippen LogP contribution in [0, 0.1) is 0 Å². The van der Waals surface area contributed by atoms with E-state index in [9.17, 15) is 4.79 Å². The summed E-state index contributed by atoms with van der Waals surface area (Å²) in [6.45, 7) is 0.515. The molecule has 2 N–H and O–H groups in total. The van der Waals surface area contributed by atoms with Gasteiger partial charge in [0, 0.05) is 12.6 Å². The van der Waals surface area contributed by atoms with Gasteiger partial charge in [0.25, 0.3) is 0 Å². The smallest absolute Gasteiger partial charge is 0.185 e. The number of pyridine rings is 1. The van der Waals surface area contributed by atoms with E-state index in [1.165, 1.54) is 7.11 Å². The number of nitrogens with two attached hydrogens (primary N) is 1. The molecule has 4 nitrogen and oxygen atoms in total. The molecule has 0 saturated heterocycles. The lowest BCUT2D eigenvalue weighted by Gasteiger charge is -2.04. The van der Waals surface area contributed by atoms with Crippen LogP contribution in [0.1, 0.15) is 23.3 Å². The fourth-order valence-corrected chi connectivity index (χ4v) is 1.15. The van der Waals surface area contributed by atoms with Crippen molar-refractivity contribution in [1.29, 1.82) is 0 Å². The third-order valence-electron chi connectivity index (χ3n) is 1.86. The molecule has 14 heavy (non-hydrogen) atoms. The maximum Gasteiger partial charge on any atom is 0.185 e. The minimum Gasteiger partial charge on any atom is -0.494 e. The van der Waals surface area contributed by atoms with Gasteiger partial charge in [-0.1, -0.05) is 0 Å². The summed E-state index contributed by atoms with van der Waals surface area (Å²) >= 11 is 0. The molecule has 1 aromatic rings. The summed E-state index contributed by atoms with van der Waals surface area (Å²) in [6.07, 6.45) is 2.68. The van der Waals surface area contributed by atoms with Crippen LogP contribution in [-0.4, -0.2) is 24.4 Å². The molecule has 0 atom stereocenters. The summed E-state index contributed by atoms with van der Waals surface area (Å²) in [7, 11) is 1.52. The largest absolute Gasteiger partial charge is 0.494 e. The van der Waals surface area contributed by atoms with Gasteiger partial charge in [0.1, 0.15) is 11.4 Å². The molecule has 0 aliphatic heterocycles. The number of ketones is 1. The maximum absolute atomic E-state index is 11.6. The summed E-state index contributed by atoms with van der Waals surface area (Å²) in [4.78, 5) is 15.6. The Morgan fingerprint density at radius 1 is 1.64 bits per heavy atom. The third-order valence-corrected chi connectivity index (χ3v) is 1.86. The van der Waals surface area contributed by atoms with Crippen molar-refractivity contribution in [2.45, 2.75) is 12.8 Å². The van der Waals surface area contributed by atoms with Gasteiger partial charge in [-0.05, 0) is 25.1 Å². The number of hydrogen-bond donors (Lipinski definition) is 1. The molecule has 0 fully saturated rings. The van der Waals surface area contributed by atoms with Crippen molar-refractivity contribution >= 4 is 5.78 Å². The van der Waals surface area contributed by atoms with E-state index >= 15 is 0 Å². The zero-order valence-corrected chi connectivity index (χ0v) is 8.19. The number of ether oxygens (including phenoxy) is 1. The number of hydrogen-bond acceptors (Lipinski definition) is 4. The molecule has 1 heterocycles. The molecular formula is C10H14N2O2. The van der Waals surface area contributed by atoms with E-state index in [0.29, 0.717) is 30.8 Å². The number of carbonyl (C=O) groups excluding carboxylic acids is 1. The molecule has 0 unspecified atom stereocenters. The maximum atomic E-state index is 11.6. The molecule has 0 aromatic carbocycles. The van der Waals surface area contributed by atoms with Gasteiger partial charge in [-0.15, -0.1) is 0 Å². The van der Waals surface area contributed by atoms with Crippen molar-refractivity contribution in [2.24, 2.45) is 5.73 Å². The van der Waals surface area contributed by atoms with Crippen molar-refractivity contribution in [1.82, 2.24) is 4.98 Å². The molecule has 76 valence electrons. The monoisotopic (exact) mass is 194 g/mol. The predicted molar refractivity (Wildman–Crippen MR) is 53.4 cm³/mol. The van der Waals surface area contributed by atoms with Crippen molar-refractivity contribution < 1.29 is 9.53 Å². The van der Waals surface area contributed by atoms with Gasteiger partial charge in [0.2, 0.25) is 0 Å². The molecule has 1 aromatic heterocycles. The Kier molecular flexibility index (Phi) is 4.07. The van der Waals surface area contributed by atoms with Gasteiger partial charge in [0.05, 0.1) is 7.11 Å². The van der Waals surface area contributed by atoms with Crippen LogP contribution in [0.4, 0.5) is 0 Å². The van der Waals surface area contributed by atoms with Gasteiger partial charge in [-0.3, -0.25) is 4.79 Å². The van der Waals surface area contributed by atoms with E-state index in [1.807, 2.05) is 0 Å². The molecule has 1 rings (SSSR count). The SMILES string of the molecule is COc1cccnc1C(=O)CCCN. The summed E-state index contributed by atoms with van der Waals surface area (Å²) in [5.74, 6) is 0.502. The normalized spacial score (nSPS) is 9.86. The zero-order chi connectivity index (χ0) is 10.4. The van der Waals surface area contributed by atoms with E-state index in [2.05, 4.69) is 4.98 Å². The molecule has 0 saturated carbocycles. The Morgan fingerprint density at radius 3 is 3.07 bits per heavy atom. The summed E-state index contributed by atoms with van der Waals surface area (Å²) in [6, 6.07) is 3.46. The average molecular weight is 194 g/mol. The van der Waals surface area contributed by atoms with Crippen LogP contribution in [0.25, 0.3) is 0 Å². The molecule has 0 aliphatic rings. The standard InChI is InChI=1S/C10H14N2O2/c1-14-9-5-3-7-12-10(9)8(13)4-2-6-11/h3,5,7H,2,4,6,11H2,1H3. The summed E-state index contributed by atoms with van der Waals surface area (Å²) in [5.41, 5.74) is 5.71. The molecule has 0 bridgehead atoms. The zero-order valence-electron chi connectivity index (χ0n) is 8.19. The first-order valence-corrected chi connectivity index (χ1v) is 4.52. The van der Waals surface area contributed by atoms with Crippen LogP contribution in [-0.2, 0) is 0 Å². The lowest BCUT2D eigenvalue weighted by atomic mass is 10.1. The molecular weight excluding hydrogens is 180 g/mol. The molecule has 0 spiro atoms. The van der Waals surface area contributed by atoms with Crippen molar-refractivity contribution in [3.05, 3.63) is 24.0 Å².